The first-order valence-corrected chi connectivity index (χ1v) is 9.65. The van der Waals surface area contributed by atoms with Crippen LogP contribution in [0.25, 0.3) is 17.4 Å². The lowest BCUT2D eigenvalue weighted by atomic mass is 10.1. The maximum absolute atomic E-state index is 13.1. The number of rotatable bonds is 5. The Kier molecular flexibility index (Phi) is 5.81. The average molecular weight is 391 g/mol. The molecule has 6 heteroatoms. The molecular weight excluding hydrogens is 369 g/mol. The van der Waals surface area contributed by atoms with Crippen molar-refractivity contribution in [2.45, 2.75) is 0 Å². The summed E-state index contributed by atoms with van der Waals surface area (Å²) in [4.78, 5) is 16.8. The van der Waals surface area contributed by atoms with E-state index in [0.29, 0.717) is 24.4 Å². The SMILES string of the molecule is O=C(c1cc(-c2ccc(F)cc2)on1)N1CCN(C/C=C/c2ccccc2)CC1. The molecular formula is C23H22FN3O2. The van der Waals surface area contributed by atoms with Crippen molar-refractivity contribution < 1.29 is 13.7 Å². The molecule has 0 bridgehead atoms. The number of amides is 1. The van der Waals surface area contributed by atoms with E-state index in [1.54, 1.807) is 23.1 Å². The number of nitrogens with zero attached hydrogens (tertiary/aromatic N) is 3. The van der Waals surface area contributed by atoms with Gasteiger partial charge >= 0.3 is 0 Å². The average Bonchev–Trinajstić information content (AvgIpc) is 3.25. The second kappa shape index (κ2) is 8.84. The minimum absolute atomic E-state index is 0.137. The van der Waals surface area contributed by atoms with E-state index < -0.39 is 0 Å². The molecule has 1 saturated heterocycles. The van der Waals surface area contributed by atoms with Crippen molar-refractivity contribution in [3.8, 4) is 11.3 Å². The molecule has 5 nitrogen and oxygen atoms in total. The highest BCUT2D eigenvalue weighted by molar-refractivity contribution is 5.93. The monoisotopic (exact) mass is 391 g/mol. The van der Waals surface area contributed by atoms with Crippen LogP contribution in [0.3, 0.4) is 0 Å². The number of hydrogen-bond acceptors (Lipinski definition) is 4. The number of halogens is 1. The first-order chi connectivity index (χ1) is 14.2. The summed E-state index contributed by atoms with van der Waals surface area (Å²) in [7, 11) is 0. The highest BCUT2D eigenvalue weighted by Crippen LogP contribution is 2.21. The van der Waals surface area contributed by atoms with Gasteiger partial charge in [-0.15, -0.1) is 0 Å². The zero-order valence-corrected chi connectivity index (χ0v) is 16.0. The van der Waals surface area contributed by atoms with Crippen molar-refractivity contribution in [2.75, 3.05) is 32.7 Å². The van der Waals surface area contributed by atoms with E-state index in [2.05, 4.69) is 34.3 Å². The van der Waals surface area contributed by atoms with Gasteiger partial charge < -0.3 is 9.42 Å². The summed E-state index contributed by atoms with van der Waals surface area (Å²) in [6.45, 7) is 3.78. The molecule has 1 fully saturated rings. The Morgan fingerprint density at radius 2 is 1.76 bits per heavy atom. The van der Waals surface area contributed by atoms with Crippen LogP contribution in [-0.4, -0.2) is 53.6 Å². The third-order valence-corrected chi connectivity index (χ3v) is 4.99. The van der Waals surface area contributed by atoms with Crippen LogP contribution in [-0.2, 0) is 0 Å². The van der Waals surface area contributed by atoms with Gasteiger partial charge in [-0.1, -0.05) is 47.6 Å². The summed E-state index contributed by atoms with van der Waals surface area (Å²) in [6.07, 6.45) is 4.27. The van der Waals surface area contributed by atoms with Crippen LogP contribution < -0.4 is 0 Å². The van der Waals surface area contributed by atoms with Gasteiger partial charge in [0.25, 0.3) is 5.91 Å². The van der Waals surface area contributed by atoms with Crippen LogP contribution in [0.4, 0.5) is 4.39 Å². The predicted octanol–water partition coefficient (Wildman–Crippen LogP) is 3.95. The maximum atomic E-state index is 13.1. The fraction of sp³-hybridized carbons (Fsp3) is 0.217. The van der Waals surface area contributed by atoms with Gasteiger partial charge in [0.2, 0.25) is 0 Å². The lowest BCUT2D eigenvalue weighted by Crippen LogP contribution is -2.48. The molecule has 148 valence electrons. The number of benzene rings is 2. The smallest absolute Gasteiger partial charge is 0.276 e. The van der Waals surface area contributed by atoms with Crippen LogP contribution in [0.15, 0.2) is 71.3 Å². The molecule has 3 aromatic rings. The molecule has 2 heterocycles. The molecule has 29 heavy (non-hydrogen) atoms. The molecule has 1 amide bonds. The lowest BCUT2D eigenvalue weighted by molar-refractivity contribution is 0.0640. The third-order valence-electron chi connectivity index (χ3n) is 4.99. The van der Waals surface area contributed by atoms with Gasteiger partial charge in [-0.25, -0.2) is 4.39 Å². The fourth-order valence-electron chi connectivity index (χ4n) is 3.32. The van der Waals surface area contributed by atoms with Crippen molar-refractivity contribution in [1.82, 2.24) is 15.0 Å². The van der Waals surface area contributed by atoms with E-state index in [1.807, 2.05) is 18.2 Å². The van der Waals surface area contributed by atoms with Crippen LogP contribution >= 0.6 is 0 Å². The molecule has 1 aliphatic heterocycles. The van der Waals surface area contributed by atoms with Gasteiger partial charge in [-0.3, -0.25) is 9.69 Å². The summed E-state index contributed by atoms with van der Waals surface area (Å²) >= 11 is 0. The van der Waals surface area contributed by atoms with E-state index in [1.165, 1.54) is 17.7 Å². The van der Waals surface area contributed by atoms with Crippen LogP contribution in [0, 0.1) is 5.82 Å². The van der Waals surface area contributed by atoms with Crippen LogP contribution in [0.1, 0.15) is 16.1 Å². The number of piperazine rings is 1. The van der Waals surface area contributed by atoms with E-state index in [4.69, 9.17) is 4.52 Å². The Labute approximate surface area is 169 Å². The van der Waals surface area contributed by atoms with Crippen LogP contribution in [0.5, 0.6) is 0 Å². The second-order valence-corrected chi connectivity index (χ2v) is 6.99. The third kappa shape index (κ3) is 4.78. The van der Waals surface area contributed by atoms with Crippen molar-refractivity contribution in [1.29, 1.82) is 0 Å². The van der Waals surface area contributed by atoms with Crippen LogP contribution in [0.2, 0.25) is 0 Å². The zero-order valence-electron chi connectivity index (χ0n) is 16.0. The Morgan fingerprint density at radius 3 is 2.48 bits per heavy atom. The lowest BCUT2D eigenvalue weighted by Gasteiger charge is -2.33. The van der Waals surface area contributed by atoms with Gasteiger partial charge in [0.1, 0.15) is 5.82 Å². The fourth-order valence-corrected chi connectivity index (χ4v) is 3.32. The van der Waals surface area contributed by atoms with Crippen molar-refractivity contribution in [2.24, 2.45) is 0 Å². The van der Waals surface area contributed by atoms with Gasteiger partial charge in [0.05, 0.1) is 0 Å². The minimum Gasteiger partial charge on any atom is -0.355 e. The number of hydrogen-bond donors (Lipinski definition) is 0. The van der Waals surface area contributed by atoms with E-state index in [-0.39, 0.29) is 17.4 Å². The van der Waals surface area contributed by atoms with Gasteiger partial charge in [-0.2, -0.15) is 0 Å². The second-order valence-electron chi connectivity index (χ2n) is 6.99. The highest BCUT2D eigenvalue weighted by Gasteiger charge is 2.24. The first-order valence-electron chi connectivity index (χ1n) is 9.65. The highest BCUT2D eigenvalue weighted by atomic mass is 19.1. The molecule has 2 aromatic carbocycles. The Morgan fingerprint density at radius 1 is 1.03 bits per heavy atom. The standard InChI is InChI=1S/C23H22FN3O2/c24-20-10-8-19(9-11-20)22-17-21(25-29-22)23(28)27-15-13-26(14-16-27)12-4-7-18-5-2-1-3-6-18/h1-11,17H,12-16H2/b7-4+. The summed E-state index contributed by atoms with van der Waals surface area (Å²) < 4.78 is 18.3. The summed E-state index contributed by atoms with van der Waals surface area (Å²) in [5.41, 5.74) is 2.15. The number of aromatic nitrogens is 1. The molecule has 1 aliphatic rings. The van der Waals surface area contributed by atoms with Crippen molar-refractivity contribution in [3.05, 3.63) is 83.8 Å². The molecule has 0 spiro atoms. The summed E-state index contributed by atoms with van der Waals surface area (Å²) in [5.74, 6) is 0.000624. The van der Waals surface area contributed by atoms with Gasteiger partial charge in [-0.05, 0) is 29.8 Å². The molecule has 0 saturated carbocycles. The quantitative estimate of drug-likeness (QED) is 0.661. The minimum atomic E-state index is -0.318. The Hall–Kier alpha value is -3.25. The molecule has 0 atom stereocenters. The molecule has 0 radical (unpaired) electrons. The van der Waals surface area contributed by atoms with Crippen molar-refractivity contribution >= 4 is 12.0 Å². The molecule has 0 N–H and O–H groups in total. The van der Waals surface area contributed by atoms with E-state index in [0.717, 1.165) is 19.6 Å². The normalized spacial score (nSPS) is 15.1. The first kappa shape index (κ1) is 19.1. The Balaban J connectivity index is 1.30. The Bertz CT molecular complexity index is 975. The largest absolute Gasteiger partial charge is 0.355 e. The molecule has 1 aromatic heterocycles. The summed E-state index contributed by atoms with van der Waals surface area (Å²) in [6, 6.07) is 17.7. The maximum Gasteiger partial charge on any atom is 0.276 e. The molecule has 0 aliphatic carbocycles. The molecule has 0 unspecified atom stereocenters. The van der Waals surface area contributed by atoms with Crippen molar-refractivity contribution in [3.63, 3.8) is 0 Å². The number of carbonyl (C=O) groups is 1. The van der Waals surface area contributed by atoms with E-state index in [9.17, 15) is 9.18 Å². The van der Waals surface area contributed by atoms with Gasteiger partial charge in [0, 0.05) is 44.4 Å². The summed E-state index contributed by atoms with van der Waals surface area (Å²) in [5, 5.41) is 3.91. The molecule has 4 rings (SSSR count). The predicted molar refractivity (Wildman–Crippen MR) is 110 cm³/mol. The van der Waals surface area contributed by atoms with E-state index >= 15 is 0 Å². The van der Waals surface area contributed by atoms with Gasteiger partial charge in [0.15, 0.2) is 11.5 Å². The topological polar surface area (TPSA) is 49.6 Å². The number of carbonyl (C=O) groups excluding carboxylic acids is 1. The zero-order chi connectivity index (χ0) is 20.1.